The fraction of sp³-hybridized carbons (Fsp3) is 1.00. The van der Waals surface area contributed by atoms with Crippen LogP contribution in [0.4, 0.5) is 0 Å². The maximum Gasteiger partial charge on any atom is 0.0555 e. The number of nitrogens with zero attached hydrogens (tertiary/aromatic N) is 1. The van der Waals surface area contributed by atoms with E-state index in [1.165, 1.54) is 0 Å². The number of hydrogen-bond donors (Lipinski definition) is 1. The third-order valence-electron chi connectivity index (χ3n) is 2.67. The molecule has 0 aliphatic heterocycles. The van der Waals surface area contributed by atoms with Crippen LogP contribution >= 0.6 is 0 Å². The van der Waals surface area contributed by atoms with Crippen LogP contribution in [0.5, 0.6) is 0 Å². The molecule has 1 N–H and O–H groups in total. The Bertz CT molecular complexity index is 98.4. The Balaban J connectivity index is 4.23. The molecule has 2 heteroatoms. The molecule has 0 saturated carbocycles. The van der Waals surface area contributed by atoms with Gasteiger partial charge in [-0.3, -0.25) is 0 Å². The van der Waals surface area contributed by atoms with E-state index in [0.717, 1.165) is 12.8 Å². The molecule has 0 fully saturated rings. The molecule has 0 amide bonds. The highest BCUT2D eigenvalue weighted by Crippen LogP contribution is 2.19. The average Bonchev–Trinajstić information content (AvgIpc) is 1.98. The van der Waals surface area contributed by atoms with Crippen molar-refractivity contribution in [1.82, 2.24) is 4.90 Å². The number of aliphatic hydroxyl groups excluding tert-OH is 1. The van der Waals surface area contributed by atoms with E-state index in [9.17, 15) is 5.11 Å². The molecular weight excluding hydrogens is 150 g/mol. The summed E-state index contributed by atoms with van der Waals surface area (Å²) in [4.78, 5) is 2.21. The molecule has 2 nitrogen and oxygen atoms in total. The van der Waals surface area contributed by atoms with Crippen molar-refractivity contribution in [2.75, 3.05) is 14.1 Å². The lowest BCUT2D eigenvalue weighted by molar-refractivity contribution is 0.0624. The zero-order valence-electron chi connectivity index (χ0n) is 9.04. The summed E-state index contributed by atoms with van der Waals surface area (Å²) in [7, 11) is 4.17. The van der Waals surface area contributed by atoms with Gasteiger partial charge in [0.2, 0.25) is 0 Å². The van der Waals surface area contributed by atoms with Gasteiger partial charge in [-0.05, 0) is 39.8 Å². The first kappa shape index (κ1) is 11.9. The first-order chi connectivity index (χ1) is 5.54. The second-order valence-electron chi connectivity index (χ2n) is 3.75. The largest absolute Gasteiger partial charge is 0.393 e. The van der Waals surface area contributed by atoms with Gasteiger partial charge >= 0.3 is 0 Å². The number of rotatable bonds is 5. The zero-order valence-corrected chi connectivity index (χ0v) is 9.04. The monoisotopic (exact) mass is 173 g/mol. The van der Waals surface area contributed by atoms with Crippen molar-refractivity contribution in [2.45, 2.75) is 45.8 Å². The lowest BCUT2D eigenvalue weighted by Crippen LogP contribution is -2.39. The van der Waals surface area contributed by atoms with Gasteiger partial charge in [-0.15, -0.1) is 0 Å². The molecule has 74 valence electrons. The Morgan fingerprint density at radius 2 is 1.67 bits per heavy atom. The molecule has 0 spiro atoms. The van der Waals surface area contributed by atoms with Crippen molar-refractivity contribution in [3.05, 3.63) is 0 Å². The zero-order chi connectivity index (χ0) is 9.72. The predicted octanol–water partition coefficient (Wildman–Crippen LogP) is 1.73. The highest BCUT2D eigenvalue weighted by molar-refractivity contribution is 4.77. The Kier molecular flexibility index (Phi) is 5.51. The highest BCUT2D eigenvalue weighted by atomic mass is 16.3. The van der Waals surface area contributed by atoms with Crippen LogP contribution in [0.3, 0.4) is 0 Å². The maximum absolute atomic E-state index is 9.54. The van der Waals surface area contributed by atoms with Gasteiger partial charge in [-0.1, -0.05) is 13.8 Å². The Labute approximate surface area is 76.6 Å². The van der Waals surface area contributed by atoms with Gasteiger partial charge < -0.3 is 10.0 Å². The minimum Gasteiger partial charge on any atom is -0.393 e. The Morgan fingerprint density at radius 1 is 1.17 bits per heavy atom. The van der Waals surface area contributed by atoms with Crippen LogP contribution in [-0.4, -0.2) is 36.2 Å². The molecule has 0 aromatic rings. The minimum atomic E-state index is -0.192. The van der Waals surface area contributed by atoms with Crippen LogP contribution in [0.1, 0.15) is 33.6 Å². The topological polar surface area (TPSA) is 23.5 Å². The summed E-state index contributed by atoms with van der Waals surface area (Å²) in [5.74, 6) is 0.407. The first-order valence-corrected chi connectivity index (χ1v) is 4.89. The van der Waals surface area contributed by atoms with Crippen molar-refractivity contribution >= 4 is 0 Å². The molecule has 0 aliphatic rings. The molecule has 0 heterocycles. The molecule has 12 heavy (non-hydrogen) atoms. The summed E-state index contributed by atoms with van der Waals surface area (Å²) in [6, 6.07) is 0.509. The van der Waals surface area contributed by atoms with Gasteiger partial charge in [0.15, 0.2) is 0 Å². The Hall–Kier alpha value is -0.0800. The van der Waals surface area contributed by atoms with E-state index in [-0.39, 0.29) is 6.10 Å². The number of hydrogen-bond acceptors (Lipinski definition) is 2. The van der Waals surface area contributed by atoms with Crippen molar-refractivity contribution in [3.8, 4) is 0 Å². The number of aliphatic hydroxyl groups is 1. The van der Waals surface area contributed by atoms with Crippen molar-refractivity contribution in [3.63, 3.8) is 0 Å². The lowest BCUT2D eigenvalue weighted by atomic mass is 9.89. The molecule has 0 rings (SSSR count). The molecular formula is C10H23NO. The maximum atomic E-state index is 9.54. The van der Waals surface area contributed by atoms with E-state index in [0.29, 0.717) is 12.0 Å². The van der Waals surface area contributed by atoms with E-state index in [4.69, 9.17) is 0 Å². The third kappa shape index (κ3) is 3.11. The normalized spacial score (nSPS) is 19.2. The predicted molar refractivity (Wildman–Crippen MR) is 53.2 cm³/mol. The van der Waals surface area contributed by atoms with Gasteiger partial charge in [0.05, 0.1) is 6.10 Å². The van der Waals surface area contributed by atoms with Crippen molar-refractivity contribution in [2.24, 2.45) is 5.92 Å². The van der Waals surface area contributed by atoms with Crippen LogP contribution in [-0.2, 0) is 0 Å². The third-order valence-corrected chi connectivity index (χ3v) is 2.67. The summed E-state index contributed by atoms with van der Waals surface area (Å²) in [6.07, 6.45) is 1.97. The van der Waals surface area contributed by atoms with E-state index in [1.807, 2.05) is 6.92 Å². The van der Waals surface area contributed by atoms with E-state index >= 15 is 0 Å². The van der Waals surface area contributed by atoms with E-state index in [1.54, 1.807) is 0 Å². The second kappa shape index (κ2) is 5.55. The molecule has 3 unspecified atom stereocenters. The van der Waals surface area contributed by atoms with Gasteiger partial charge in [0.25, 0.3) is 0 Å². The fourth-order valence-electron chi connectivity index (χ4n) is 1.99. The smallest absolute Gasteiger partial charge is 0.0555 e. The molecule has 0 aromatic heterocycles. The van der Waals surface area contributed by atoms with Gasteiger partial charge in [-0.2, -0.15) is 0 Å². The standard InChI is InChI=1S/C10H23NO/c1-6-9(8(3)12)10(7-2)11(4)5/h8-10,12H,6-7H2,1-5H3. The summed E-state index contributed by atoms with van der Waals surface area (Å²) >= 11 is 0. The summed E-state index contributed by atoms with van der Waals surface area (Å²) in [5, 5.41) is 9.54. The molecule has 0 radical (unpaired) electrons. The Morgan fingerprint density at radius 3 is 1.75 bits per heavy atom. The van der Waals surface area contributed by atoms with Crippen molar-refractivity contribution < 1.29 is 5.11 Å². The molecule has 0 aliphatic carbocycles. The van der Waals surface area contributed by atoms with Crippen LogP contribution in [0.25, 0.3) is 0 Å². The van der Waals surface area contributed by atoms with Gasteiger partial charge in [0, 0.05) is 6.04 Å². The van der Waals surface area contributed by atoms with Crippen LogP contribution in [0.2, 0.25) is 0 Å². The van der Waals surface area contributed by atoms with Gasteiger partial charge in [-0.25, -0.2) is 0 Å². The first-order valence-electron chi connectivity index (χ1n) is 4.89. The quantitative estimate of drug-likeness (QED) is 0.684. The van der Waals surface area contributed by atoms with Crippen LogP contribution in [0.15, 0.2) is 0 Å². The average molecular weight is 173 g/mol. The molecule has 0 aromatic carbocycles. The summed E-state index contributed by atoms with van der Waals surface area (Å²) in [6.45, 7) is 6.21. The van der Waals surface area contributed by atoms with Gasteiger partial charge in [0.1, 0.15) is 0 Å². The fourth-order valence-corrected chi connectivity index (χ4v) is 1.99. The van der Waals surface area contributed by atoms with Crippen LogP contribution in [0, 0.1) is 5.92 Å². The van der Waals surface area contributed by atoms with Crippen LogP contribution < -0.4 is 0 Å². The lowest BCUT2D eigenvalue weighted by Gasteiger charge is -2.32. The summed E-state index contributed by atoms with van der Waals surface area (Å²) in [5.41, 5.74) is 0. The second-order valence-corrected chi connectivity index (χ2v) is 3.75. The van der Waals surface area contributed by atoms with E-state index < -0.39 is 0 Å². The van der Waals surface area contributed by atoms with E-state index in [2.05, 4.69) is 32.8 Å². The minimum absolute atomic E-state index is 0.192. The molecule has 3 atom stereocenters. The van der Waals surface area contributed by atoms with Crippen molar-refractivity contribution in [1.29, 1.82) is 0 Å². The molecule has 0 bridgehead atoms. The highest BCUT2D eigenvalue weighted by Gasteiger charge is 2.23. The SMILES string of the molecule is CCC(C(C)O)C(CC)N(C)C. The molecule has 0 saturated heterocycles. The summed E-state index contributed by atoms with van der Waals surface area (Å²) < 4.78 is 0.